The van der Waals surface area contributed by atoms with Crippen LogP contribution in [0.15, 0.2) is 206 Å². The van der Waals surface area contributed by atoms with Gasteiger partial charge in [-0.1, -0.05) is 147 Å². The van der Waals surface area contributed by atoms with Crippen LogP contribution in [0.3, 0.4) is 0 Å². The first-order valence-electron chi connectivity index (χ1n) is 20.6. The number of benzene rings is 9. The Bertz CT molecular complexity index is 3320. The summed E-state index contributed by atoms with van der Waals surface area (Å²) in [6.45, 7) is 4.73. The lowest BCUT2D eigenvalue weighted by Gasteiger charge is -2.21. The molecule has 0 atom stereocenters. The van der Waals surface area contributed by atoms with Crippen LogP contribution in [0.4, 0.5) is 0 Å². The number of fused-ring (bicyclic) bond motifs is 9. The van der Waals surface area contributed by atoms with Crippen molar-refractivity contribution < 1.29 is 0 Å². The van der Waals surface area contributed by atoms with E-state index in [0.717, 1.165) is 5.69 Å². The monoisotopic (exact) mass is 752 g/mol. The van der Waals surface area contributed by atoms with E-state index in [1.165, 1.54) is 105 Å². The van der Waals surface area contributed by atoms with Crippen molar-refractivity contribution in [2.24, 2.45) is 0 Å². The highest BCUT2D eigenvalue weighted by atomic mass is 15.0. The van der Waals surface area contributed by atoms with Crippen LogP contribution in [-0.4, -0.2) is 9.13 Å². The number of para-hydroxylation sites is 1. The van der Waals surface area contributed by atoms with E-state index in [1.54, 1.807) is 0 Å². The van der Waals surface area contributed by atoms with Crippen molar-refractivity contribution in [2.75, 3.05) is 0 Å². The van der Waals surface area contributed by atoms with Crippen molar-refractivity contribution in [2.45, 2.75) is 19.3 Å². The number of hydrogen-bond acceptors (Lipinski definition) is 0. The van der Waals surface area contributed by atoms with Crippen LogP contribution in [0, 0.1) is 0 Å². The smallest absolute Gasteiger partial charge is 0.0544 e. The molecule has 12 rings (SSSR count). The first kappa shape index (κ1) is 33.7. The van der Waals surface area contributed by atoms with Crippen LogP contribution in [0.25, 0.3) is 99.5 Å². The van der Waals surface area contributed by atoms with Gasteiger partial charge in [-0.25, -0.2) is 0 Å². The average molecular weight is 753 g/mol. The third-order valence-electron chi connectivity index (χ3n) is 12.9. The van der Waals surface area contributed by atoms with Gasteiger partial charge in [0, 0.05) is 38.3 Å². The SMILES string of the molecule is CC1(C)c2ccccc2-c2cc3c4cc(-c5ccc(-n6c7ccc(-c8ccccc8)cc7c7cc(-c8ccccc8)ccc76)cc5)ccc4n(-c4ccccc4)c3cc21. The molecule has 0 aliphatic heterocycles. The lowest BCUT2D eigenvalue weighted by Crippen LogP contribution is -2.14. The van der Waals surface area contributed by atoms with Crippen molar-refractivity contribution in [1.29, 1.82) is 0 Å². The number of aromatic nitrogens is 2. The maximum Gasteiger partial charge on any atom is 0.0544 e. The minimum atomic E-state index is -0.0737. The third kappa shape index (κ3) is 5.13. The second kappa shape index (κ2) is 12.8. The highest BCUT2D eigenvalue weighted by Gasteiger charge is 2.36. The summed E-state index contributed by atoms with van der Waals surface area (Å²) in [6, 6.07) is 76.0. The van der Waals surface area contributed by atoms with Gasteiger partial charge >= 0.3 is 0 Å². The molecule has 1 aliphatic carbocycles. The van der Waals surface area contributed by atoms with Crippen LogP contribution in [-0.2, 0) is 5.41 Å². The quantitative estimate of drug-likeness (QED) is 0.166. The Balaban J connectivity index is 1.01. The Hall–Kier alpha value is -7.42. The number of nitrogens with zero attached hydrogens (tertiary/aromatic N) is 2. The zero-order chi connectivity index (χ0) is 39.2. The molecule has 278 valence electrons. The fourth-order valence-corrected chi connectivity index (χ4v) is 9.97. The average Bonchev–Trinajstić information content (AvgIpc) is 3.88. The van der Waals surface area contributed by atoms with E-state index in [4.69, 9.17) is 0 Å². The standard InChI is InChI=1S/C57H40N2/c1-57(2)51-21-13-12-20-45(51)46-35-50-49-34-42(26-31-55(49)59(56(50)36-52(46)57)43-18-10-5-11-19-43)39-22-27-44(28-23-39)58-53-29-24-40(37-14-6-3-7-15-37)32-47(53)48-33-41(25-30-54(48)58)38-16-8-4-9-17-38/h3-36H,1-2H3. The van der Waals surface area contributed by atoms with Crippen molar-refractivity contribution in [3.05, 3.63) is 217 Å². The summed E-state index contributed by atoms with van der Waals surface area (Å²) >= 11 is 0. The van der Waals surface area contributed by atoms with Crippen molar-refractivity contribution in [3.8, 4) is 55.9 Å². The topological polar surface area (TPSA) is 9.86 Å². The molecule has 2 heteroatoms. The van der Waals surface area contributed by atoms with Crippen LogP contribution >= 0.6 is 0 Å². The van der Waals surface area contributed by atoms with Crippen molar-refractivity contribution >= 4 is 43.6 Å². The van der Waals surface area contributed by atoms with E-state index in [-0.39, 0.29) is 5.41 Å². The molecule has 2 nitrogen and oxygen atoms in total. The number of hydrogen-bond donors (Lipinski definition) is 0. The van der Waals surface area contributed by atoms with Crippen LogP contribution in [0.2, 0.25) is 0 Å². The van der Waals surface area contributed by atoms with Gasteiger partial charge in [-0.05, 0) is 128 Å². The molecule has 0 N–H and O–H groups in total. The van der Waals surface area contributed by atoms with Gasteiger partial charge in [0.2, 0.25) is 0 Å². The lowest BCUT2D eigenvalue weighted by molar-refractivity contribution is 0.661. The summed E-state index contributed by atoms with van der Waals surface area (Å²) in [5.74, 6) is 0. The third-order valence-corrected chi connectivity index (χ3v) is 12.9. The molecule has 2 heterocycles. The maximum absolute atomic E-state index is 2.46. The molecule has 9 aromatic carbocycles. The summed E-state index contributed by atoms with van der Waals surface area (Å²) in [4.78, 5) is 0. The summed E-state index contributed by atoms with van der Waals surface area (Å²) in [6.07, 6.45) is 0. The predicted octanol–water partition coefficient (Wildman–Crippen LogP) is 15.2. The number of rotatable bonds is 5. The minimum absolute atomic E-state index is 0.0737. The molecule has 0 radical (unpaired) electrons. The Kier molecular flexibility index (Phi) is 7.31. The van der Waals surface area contributed by atoms with E-state index in [2.05, 4.69) is 229 Å². The second-order valence-corrected chi connectivity index (χ2v) is 16.6. The fraction of sp³-hybridized carbons (Fsp3) is 0.0526. The Morgan fingerprint density at radius 3 is 1.24 bits per heavy atom. The predicted molar refractivity (Wildman–Crippen MR) is 249 cm³/mol. The molecule has 0 amide bonds. The van der Waals surface area contributed by atoms with Gasteiger partial charge < -0.3 is 9.13 Å². The van der Waals surface area contributed by atoms with Gasteiger partial charge in [0.05, 0.1) is 22.1 Å². The van der Waals surface area contributed by atoms with Gasteiger partial charge in [-0.3, -0.25) is 0 Å². The molecule has 0 saturated carbocycles. The van der Waals surface area contributed by atoms with Gasteiger partial charge in [0.1, 0.15) is 0 Å². The molecular weight excluding hydrogens is 713 g/mol. The summed E-state index contributed by atoms with van der Waals surface area (Å²) in [7, 11) is 0. The first-order chi connectivity index (χ1) is 29.0. The molecular formula is C57H40N2. The Morgan fingerprint density at radius 2 is 0.695 bits per heavy atom. The fourth-order valence-electron chi connectivity index (χ4n) is 9.97. The van der Waals surface area contributed by atoms with Crippen LogP contribution in [0.1, 0.15) is 25.0 Å². The molecule has 2 aromatic heterocycles. The molecule has 0 bridgehead atoms. The normalized spacial score (nSPS) is 13.1. The maximum atomic E-state index is 2.46. The largest absolute Gasteiger partial charge is 0.309 e. The van der Waals surface area contributed by atoms with E-state index in [9.17, 15) is 0 Å². The molecule has 59 heavy (non-hydrogen) atoms. The molecule has 0 unspecified atom stereocenters. The highest BCUT2D eigenvalue weighted by molar-refractivity contribution is 6.13. The van der Waals surface area contributed by atoms with Gasteiger partial charge in [-0.2, -0.15) is 0 Å². The van der Waals surface area contributed by atoms with E-state index < -0.39 is 0 Å². The molecule has 11 aromatic rings. The Labute approximate surface area is 343 Å². The van der Waals surface area contributed by atoms with Crippen molar-refractivity contribution in [3.63, 3.8) is 0 Å². The van der Waals surface area contributed by atoms with Gasteiger partial charge in [0.15, 0.2) is 0 Å². The zero-order valence-electron chi connectivity index (χ0n) is 33.0. The first-order valence-corrected chi connectivity index (χ1v) is 20.6. The summed E-state index contributed by atoms with van der Waals surface area (Å²) in [5.41, 5.74) is 19.9. The summed E-state index contributed by atoms with van der Waals surface area (Å²) < 4.78 is 4.88. The zero-order valence-corrected chi connectivity index (χ0v) is 33.0. The molecule has 0 saturated heterocycles. The highest BCUT2D eigenvalue weighted by Crippen LogP contribution is 2.51. The van der Waals surface area contributed by atoms with E-state index in [1.807, 2.05) is 0 Å². The molecule has 0 fully saturated rings. The van der Waals surface area contributed by atoms with E-state index in [0.29, 0.717) is 0 Å². The minimum Gasteiger partial charge on any atom is -0.309 e. The molecule has 0 spiro atoms. The van der Waals surface area contributed by atoms with E-state index >= 15 is 0 Å². The molecule has 1 aliphatic rings. The van der Waals surface area contributed by atoms with Gasteiger partial charge in [-0.15, -0.1) is 0 Å². The van der Waals surface area contributed by atoms with Crippen LogP contribution < -0.4 is 0 Å². The second-order valence-electron chi connectivity index (χ2n) is 16.6. The van der Waals surface area contributed by atoms with Gasteiger partial charge in [0.25, 0.3) is 0 Å². The summed E-state index contributed by atoms with van der Waals surface area (Å²) in [5, 5.41) is 5.05. The lowest BCUT2D eigenvalue weighted by atomic mass is 9.82. The van der Waals surface area contributed by atoms with Crippen LogP contribution in [0.5, 0.6) is 0 Å². The van der Waals surface area contributed by atoms with Crippen molar-refractivity contribution in [1.82, 2.24) is 9.13 Å². The Morgan fingerprint density at radius 1 is 0.288 bits per heavy atom.